The number of nitrogens with zero attached hydrogens (tertiary/aromatic N) is 1. The fourth-order valence-corrected chi connectivity index (χ4v) is 3.35. The molecule has 1 nitrogen and oxygen atoms in total. The van der Waals surface area contributed by atoms with Crippen molar-refractivity contribution in [2.45, 2.75) is 38.3 Å². The largest absolute Gasteiger partial charge is 0.354 e. The van der Waals surface area contributed by atoms with Crippen LogP contribution in [0.5, 0.6) is 0 Å². The van der Waals surface area contributed by atoms with E-state index in [-0.39, 0.29) is 0 Å². The van der Waals surface area contributed by atoms with Crippen LogP contribution in [0.4, 0.5) is 0 Å². The number of hydrogen-bond acceptors (Lipinski definition) is 0. The van der Waals surface area contributed by atoms with E-state index in [2.05, 4.69) is 29.1 Å². The average Bonchev–Trinajstić information content (AvgIpc) is 2.61. The van der Waals surface area contributed by atoms with E-state index >= 15 is 0 Å². The third-order valence-corrected chi connectivity index (χ3v) is 4.91. The maximum atomic E-state index is 5.79. The number of aryl methyl sites for hydroxylation is 1. The zero-order valence-electron chi connectivity index (χ0n) is 8.63. The summed E-state index contributed by atoms with van der Waals surface area (Å²) in [7, 11) is 0. The lowest BCUT2D eigenvalue weighted by atomic mass is 10.2. The van der Waals surface area contributed by atoms with Gasteiger partial charge in [0.2, 0.25) is 0 Å². The van der Waals surface area contributed by atoms with E-state index in [0.717, 1.165) is 19.0 Å². The number of hydrogen-bond donors (Lipinski definition) is 0. The van der Waals surface area contributed by atoms with Crippen LogP contribution in [0.3, 0.4) is 0 Å². The molecule has 0 spiro atoms. The summed E-state index contributed by atoms with van der Waals surface area (Å²) in [5, 5.41) is 0. The van der Waals surface area contributed by atoms with Crippen molar-refractivity contribution in [3.63, 3.8) is 0 Å². The molecule has 5 heteroatoms. The van der Waals surface area contributed by atoms with E-state index in [0.29, 0.717) is 0 Å². The SMILES string of the molecule is Cl[Si](Cl)(Cl)CCCCCCn1cccc1. The molecule has 0 bridgehead atoms. The summed E-state index contributed by atoms with van der Waals surface area (Å²) < 4.78 is 2.20. The van der Waals surface area contributed by atoms with Crippen molar-refractivity contribution < 1.29 is 0 Å². The van der Waals surface area contributed by atoms with E-state index in [1.54, 1.807) is 0 Å². The minimum atomic E-state index is -2.36. The molecule has 15 heavy (non-hydrogen) atoms. The fraction of sp³-hybridized carbons (Fsp3) is 0.600. The van der Waals surface area contributed by atoms with Crippen molar-refractivity contribution in [3.05, 3.63) is 24.5 Å². The summed E-state index contributed by atoms with van der Waals surface area (Å²) in [5.74, 6) is 0. The van der Waals surface area contributed by atoms with Crippen LogP contribution in [0, 0.1) is 0 Å². The predicted molar refractivity (Wildman–Crippen MR) is 71.0 cm³/mol. The molecule has 1 aromatic rings. The van der Waals surface area contributed by atoms with Gasteiger partial charge >= 0.3 is 6.00 Å². The van der Waals surface area contributed by atoms with Crippen LogP contribution in [-0.2, 0) is 6.54 Å². The summed E-state index contributed by atoms with van der Waals surface area (Å²) in [6.45, 7) is 1.10. The highest BCUT2D eigenvalue weighted by atomic mass is 35.8. The monoisotopic (exact) mass is 283 g/mol. The van der Waals surface area contributed by atoms with Gasteiger partial charge in [-0.2, -0.15) is 0 Å². The second-order valence-electron chi connectivity index (χ2n) is 3.70. The van der Waals surface area contributed by atoms with Gasteiger partial charge in [-0.25, -0.2) is 0 Å². The lowest BCUT2D eigenvalue weighted by molar-refractivity contribution is 0.584. The molecule has 0 atom stereocenters. The second-order valence-corrected chi connectivity index (χ2v) is 13.0. The van der Waals surface area contributed by atoms with E-state index in [1.165, 1.54) is 19.3 Å². The van der Waals surface area contributed by atoms with Gasteiger partial charge in [0.25, 0.3) is 0 Å². The molecular formula is C10H16Cl3NSi. The molecule has 0 aliphatic heterocycles. The van der Waals surface area contributed by atoms with E-state index in [1.807, 2.05) is 0 Å². The van der Waals surface area contributed by atoms with Crippen molar-refractivity contribution in [2.75, 3.05) is 0 Å². The molecule has 0 amide bonds. The Balaban J connectivity index is 1.94. The summed E-state index contributed by atoms with van der Waals surface area (Å²) in [6, 6.07) is 2.53. The molecule has 0 radical (unpaired) electrons. The number of halogens is 3. The lowest BCUT2D eigenvalue weighted by Gasteiger charge is -2.07. The predicted octanol–water partition coefficient (Wildman–Crippen LogP) is 4.70. The topological polar surface area (TPSA) is 4.93 Å². The van der Waals surface area contributed by atoms with Crippen molar-refractivity contribution in [1.82, 2.24) is 4.57 Å². The minimum Gasteiger partial charge on any atom is -0.354 e. The molecule has 0 fully saturated rings. The van der Waals surface area contributed by atoms with Crippen molar-refractivity contribution in [3.8, 4) is 0 Å². The number of aromatic nitrogens is 1. The Morgan fingerprint density at radius 1 is 0.867 bits per heavy atom. The number of rotatable bonds is 7. The number of unbranched alkanes of at least 4 members (excludes halogenated alkanes) is 3. The first-order chi connectivity index (χ1) is 7.08. The smallest absolute Gasteiger partial charge is 0.341 e. The van der Waals surface area contributed by atoms with Gasteiger partial charge in [0.05, 0.1) is 0 Å². The van der Waals surface area contributed by atoms with Gasteiger partial charge in [-0.1, -0.05) is 19.3 Å². The molecule has 0 saturated carbocycles. The Labute approximate surface area is 106 Å². The van der Waals surface area contributed by atoms with Crippen LogP contribution in [0.1, 0.15) is 25.7 Å². The highest BCUT2D eigenvalue weighted by Gasteiger charge is 2.23. The van der Waals surface area contributed by atoms with Gasteiger partial charge in [-0.15, -0.1) is 33.2 Å². The maximum Gasteiger partial charge on any atom is 0.341 e. The van der Waals surface area contributed by atoms with Gasteiger partial charge in [0.1, 0.15) is 0 Å². The van der Waals surface area contributed by atoms with Crippen LogP contribution in [-0.4, -0.2) is 10.6 Å². The quantitative estimate of drug-likeness (QED) is 0.388. The Hall–Kier alpha value is 0.367. The summed E-state index contributed by atoms with van der Waals surface area (Å²) in [5.41, 5.74) is 0. The molecule has 0 saturated heterocycles. The normalized spacial score (nSPS) is 11.9. The fourth-order valence-electron chi connectivity index (χ4n) is 1.49. The first kappa shape index (κ1) is 13.4. The second kappa shape index (κ2) is 6.84. The van der Waals surface area contributed by atoms with Crippen molar-refractivity contribution >= 4 is 39.2 Å². The highest BCUT2D eigenvalue weighted by molar-refractivity contribution is 7.64. The van der Waals surface area contributed by atoms with Gasteiger partial charge in [0, 0.05) is 18.9 Å². The minimum absolute atomic E-state index is 0.793. The summed E-state index contributed by atoms with van der Waals surface area (Å²) in [4.78, 5) is 0. The van der Waals surface area contributed by atoms with Crippen LogP contribution in [0.15, 0.2) is 24.5 Å². The third-order valence-electron chi connectivity index (χ3n) is 2.29. The Morgan fingerprint density at radius 2 is 1.47 bits per heavy atom. The first-order valence-corrected chi connectivity index (χ1v) is 10.5. The average molecular weight is 285 g/mol. The lowest BCUT2D eigenvalue weighted by Crippen LogP contribution is -2.07. The van der Waals surface area contributed by atoms with Crippen LogP contribution in [0.2, 0.25) is 6.04 Å². The highest BCUT2D eigenvalue weighted by Crippen LogP contribution is 2.27. The first-order valence-electron chi connectivity index (χ1n) is 5.25. The third kappa shape index (κ3) is 7.29. The zero-order chi connectivity index (χ0) is 11.1. The zero-order valence-corrected chi connectivity index (χ0v) is 11.9. The van der Waals surface area contributed by atoms with Crippen molar-refractivity contribution in [2.24, 2.45) is 0 Å². The molecule has 0 aliphatic carbocycles. The van der Waals surface area contributed by atoms with Gasteiger partial charge < -0.3 is 4.57 Å². The molecule has 0 unspecified atom stereocenters. The molecule has 1 heterocycles. The van der Waals surface area contributed by atoms with Crippen LogP contribution < -0.4 is 0 Å². The molecule has 1 aromatic heterocycles. The van der Waals surface area contributed by atoms with Gasteiger partial charge in [0.15, 0.2) is 0 Å². The van der Waals surface area contributed by atoms with E-state index in [4.69, 9.17) is 33.2 Å². The summed E-state index contributed by atoms with van der Waals surface area (Å²) in [6.07, 6.45) is 8.82. The molecule has 0 aliphatic rings. The van der Waals surface area contributed by atoms with Crippen LogP contribution in [0.25, 0.3) is 0 Å². The van der Waals surface area contributed by atoms with Crippen LogP contribution >= 0.6 is 33.2 Å². The standard InChI is InChI=1S/C10H16Cl3NSi/c11-15(12,13)10-6-2-1-3-7-14-8-4-5-9-14/h4-5,8-9H,1-3,6-7,10H2. The maximum absolute atomic E-state index is 5.79. The van der Waals surface area contributed by atoms with Crippen molar-refractivity contribution in [1.29, 1.82) is 0 Å². The van der Waals surface area contributed by atoms with E-state index in [9.17, 15) is 0 Å². The summed E-state index contributed by atoms with van der Waals surface area (Å²) >= 11 is 17.4. The molecule has 0 N–H and O–H groups in total. The molecule has 0 aromatic carbocycles. The van der Waals surface area contributed by atoms with E-state index < -0.39 is 6.00 Å². The Morgan fingerprint density at radius 3 is 2.07 bits per heavy atom. The Bertz CT molecular complexity index is 256. The molecular weight excluding hydrogens is 269 g/mol. The molecule has 1 rings (SSSR count). The van der Waals surface area contributed by atoms with Gasteiger partial charge in [-0.05, 0) is 24.6 Å². The van der Waals surface area contributed by atoms with Gasteiger partial charge in [-0.3, -0.25) is 0 Å². The Kier molecular flexibility index (Phi) is 6.13. The molecule has 86 valence electrons.